The summed E-state index contributed by atoms with van der Waals surface area (Å²) in [6.07, 6.45) is 3.02. The van der Waals surface area contributed by atoms with Gasteiger partial charge in [0.2, 0.25) is 11.9 Å². The Morgan fingerprint density at radius 1 is 1.16 bits per heavy atom. The molecule has 0 atom stereocenters. The zero-order valence-electron chi connectivity index (χ0n) is 18.3. The Bertz CT molecular complexity index is 1080. The molecule has 2 aromatic rings. The van der Waals surface area contributed by atoms with Crippen molar-refractivity contribution in [1.82, 2.24) is 19.7 Å². The lowest BCUT2D eigenvalue weighted by Gasteiger charge is -2.35. The average Bonchev–Trinajstić information content (AvgIpc) is 3.45. The number of hydrogen-bond acceptors (Lipinski definition) is 7. The van der Waals surface area contributed by atoms with Crippen molar-refractivity contribution in [2.45, 2.75) is 30.6 Å². The number of benzene rings is 1. The number of amides is 1. The number of hydrogen-bond donors (Lipinski definition) is 0. The number of methoxy groups -OCH3 is 1. The molecule has 2 heterocycles. The summed E-state index contributed by atoms with van der Waals surface area (Å²) >= 11 is 6.00. The second-order valence-electron chi connectivity index (χ2n) is 8.56. The minimum absolute atomic E-state index is 0.00801. The van der Waals surface area contributed by atoms with Crippen molar-refractivity contribution in [3.63, 3.8) is 0 Å². The number of piperazine rings is 1. The number of carbonyl (C=O) groups excluding carboxylic acids is 1. The van der Waals surface area contributed by atoms with Crippen molar-refractivity contribution in [2.75, 3.05) is 51.1 Å². The Balaban J connectivity index is 1.61. The first-order valence-electron chi connectivity index (χ1n) is 10.6. The van der Waals surface area contributed by atoms with E-state index in [0.29, 0.717) is 62.3 Å². The molecule has 1 amide bonds. The van der Waals surface area contributed by atoms with Gasteiger partial charge in [-0.1, -0.05) is 23.7 Å². The molecule has 1 saturated carbocycles. The van der Waals surface area contributed by atoms with E-state index in [2.05, 4.69) is 10.2 Å². The normalized spacial score (nSPS) is 18.3. The maximum absolute atomic E-state index is 12.6. The van der Waals surface area contributed by atoms with E-state index in [-0.39, 0.29) is 19.0 Å². The van der Waals surface area contributed by atoms with Crippen molar-refractivity contribution >= 4 is 33.3 Å². The predicted octanol–water partition coefficient (Wildman–Crippen LogP) is 1.39. The molecule has 0 unspecified atom stereocenters. The molecule has 1 saturated heterocycles. The van der Waals surface area contributed by atoms with Crippen LogP contribution in [0.2, 0.25) is 5.02 Å². The molecule has 9 nitrogen and oxygen atoms in total. The smallest absolute Gasteiger partial charge is 0.242 e. The van der Waals surface area contributed by atoms with Crippen LogP contribution in [0.4, 0.5) is 5.95 Å². The summed E-state index contributed by atoms with van der Waals surface area (Å²) in [6.45, 7) is 2.65. The van der Waals surface area contributed by atoms with Crippen molar-refractivity contribution in [1.29, 1.82) is 0 Å². The van der Waals surface area contributed by atoms with Crippen LogP contribution in [0.15, 0.2) is 24.3 Å². The van der Waals surface area contributed by atoms with Crippen molar-refractivity contribution < 1.29 is 17.9 Å². The van der Waals surface area contributed by atoms with E-state index < -0.39 is 14.6 Å². The monoisotopic (exact) mass is 481 g/mol. The lowest BCUT2D eigenvalue weighted by Crippen LogP contribution is -2.52. The Morgan fingerprint density at radius 2 is 1.88 bits per heavy atom. The molecule has 1 aromatic carbocycles. The fraction of sp³-hybridized carbons (Fsp3) is 0.571. The van der Waals surface area contributed by atoms with Crippen molar-refractivity contribution in [3.05, 3.63) is 40.7 Å². The molecule has 1 aliphatic heterocycles. The number of nitrogens with zero attached hydrogens (tertiary/aromatic N) is 5. The summed E-state index contributed by atoms with van der Waals surface area (Å²) in [5.74, 6) is 1.21. The van der Waals surface area contributed by atoms with Crippen LogP contribution in [0.5, 0.6) is 0 Å². The maximum atomic E-state index is 12.6. The van der Waals surface area contributed by atoms with E-state index in [9.17, 15) is 13.2 Å². The first-order chi connectivity index (χ1) is 15.2. The summed E-state index contributed by atoms with van der Waals surface area (Å²) in [7, 11) is -1.63. The highest BCUT2D eigenvalue weighted by Gasteiger charge is 2.53. The summed E-state index contributed by atoms with van der Waals surface area (Å²) in [4.78, 5) is 16.3. The highest BCUT2D eigenvalue weighted by atomic mass is 35.5. The molecule has 2 aliphatic rings. The van der Waals surface area contributed by atoms with Gasteiger partial charge >= 0.3 is 0 Å². The van der Waals surface area contributed by atoms with E-state index in [1.54, 1.807) is 12.0 Å². The van der Waals surface area contributed by atoms with Gasteiger partial charge in [0.1, 0.15) is 5.82 Å². The Kier molecular flexibility index (Phi) is 6.46. The summed E-state index contributed by atoms with van der Waals surface area (Å²) < 4.78 is 31.1. The van der Waals surface area contributed by atoms with E-state index in [4.69, 9.17) is 16.3 Å². The molecule has 32 heavy (non-hydrogen) atoms. The third kappa shape index (κ3) is 4.77. The Morgan fingerprint density at radius 3 is 2.47 bits per heavy atom. The number of ether oxygens (including phenoxy) is 1. The number of rotatable bonds is 9. The topological polar surface area (TPSA) is 97.6 Å². The number of anilines is 1. The van der Waals surface area contributed by atoms with Crippen LogP contribution in [0.1, 0.15) is 24.2 Å². The third-order valence-corrected chi connectivity index (χ3v) is 8.65. The fourth-order valence-corrected chi connectivity index (χ4v) is 5.36. The molecule has 4 rings (SSSR count). The molecular weight excluding hydrogens is 454 g/mol. The summed E-state index contributed by atoms with van der Waals surface area (Å²) in [5.41, 5.74) is 0.999. The van der Waals surface area contributed by atoms with Crippen molar-refractivity contribution in [3.8, 4) is 0 Å². The predicted molar refractivity (Wildman–Crippen MR) is 122 cm³/mol. The zero-order chi connectivity index (χ0) is 22.9. The van der Waals surface area contributed by atoms with E-state index in [1.807, 2.05) is 33.7 Å². The van der Waals surface area contributed by atoms with Crippen LogP contribution >= 0.6 is 11.6 Å². The lowest BCUT2D eigenvalue weighted by molar-refractivity contribution is -0.131. The van der Waals surface area contributed by atoms with E-state index in [0.717, 1.165) is 5.56 Å². The van der Waals surface area contributed by atoms with Gasteiger partial charge in [-0.2, -0.15) is 0 Å². The van der Waals surface area contributed by atoms with Crippen LogP contribution < -0.4 is 4.90 Å². The standard InChI is InChI=1S/C21H28ClN5O4S/c1-31-12-11-25-9-10-26(14-19(25)28)20-24-23-18(13-16-3-5-17(22)6-4-16)27(20)15-21(7-8-21)32(2,29)30/h3-6H,7-15H2,1-2H3. The highest BCUT2D eigenvalue weighted by molar-refractivity contribution is 7.92. The molecule has 1 aromatic heterocycles. The molecule has 2 fully saturated rings. The Hall–Kier alpha value is -2.17. The van der Waals surface area contributed by atoms with Crippen molar-refractivity contribution in [2.24, 2.45) is 0 Å². The minimum Gasteiger partial charge on any atom is -0.383 e. The molecule has 0 spiro atoms. The fourth-order valence-electron chi connectivity index (χ4n) is 4.03. The van der Waals surface area contributed by atoms with Crippen LogP contribution in [-0.2, 0) is 32.3 Å². The average molecular weight is 482 g/mol. The number of aromatic nitrogens is 3. The van der Waals surface area contributed by atoms with Crippen LogP contribution in [0.25, 0.3) is 0 Å². The molecule has 0 N–H and O–H groups in total. The SMILES string of the molecule is COCCN1CCN(c2nnc(Cc3ccc(Cl)cc3)n2CC2(S(C)(=O)=O)CC2)CC1=O. The molecule has 11 heteroatoms. The van der Waals surface area contributed by atoms with Gasteiger partial charge in [0.05, 0.1) is 17.9 Å². The van der Waals surface area contributed by atoms with Gasteiger partial charge in [-0.15, -0.1) is 10.2 Å². The molecular formula is C21H28ClN5O4S. The summed E-state index contributed by atoms with van der Waals surface area (Å²) in [6, 6.07) is 7.47. The zero-order valence-corrected chi connectivity index (χ0v) is 19.9. The molecule has 0 bridgehead atoms. The minimum atomic E-state index is -3.24. The quantitative estimate of drug-likeness (QED) is 0.533. The first-order valence-corrected chi connectivity index (χ1v) is 12.9. The second kappa shape index (κ2) is 8.99. The van der Waals surface area contributed by atoms with E-state index >= 15 is 0 Å². The highest BCUT2D eigenvalue weighted by Crippen LogP contribution is 2.45. The van der Waals surface area contributed by atoms with Crippen LogP contribution in [0, 0.1) is 0 Å². The Labute approximate surface area is 193 Å². The van der Waals surface area contributed by atoms with Gasteiger partial charge in [0, 0.05) is 51.0 Å². The largest absolute Gasteiger partial charge is 0.383 e. The van der Waals surface area contributed by atoms with Gasteiger partial charge in [0.25, 0.3) is 0 Å². The van der Waals surface area contributed by atoms with Crippen LogP contribution in [-0.4, -0.2) is 84.9 Å². The first kappa shape index (κ1) is 23.0. The van der Waals surface area contributed by atoms with Gasteiger partial charge in [0.15, 0.2) is 9.84 Å². The molecule has 0 radical (unpaired) electrons. The number of halogens is 1. The molecule has 1 aliphatic carbocycles. The van der Waals surface area contributed by atoms with Gasteiger partial charge < -0.3 is 14.5 Å². The second-order valence-corrected chi connectivity index (χ2v) is 11.4. The summed E-state index contributed by atoms with van der Waals surface area (Å²) in [5, 5.41) is 9.43. The molecule has 174 valence electrons. The number of sulfone groups is 1. The lowest BCUT2D eigenvalue weighted by atomic mass is 10.1. The van der Waals surface area contributed by atoms with E-state index in [1.165, 1.54) is 6.26 Å². The number of carbonyl (C=O) groups is 1. The van der Waals surface area contributed by atoms with Gasteiger partial charge in [-0.05, 0) is 30.5 Å². The van der Waals surface area contributed by atoms with Crippen LogP contribution in [0.3, 0.4) is 0 Å². The maximum Gasteiger partial charge on any atom is 0.242 e. The van der Waals surface area contributed by atoms with Gasteiger partial charge in [-0.25, -0.2) is 8.42 Å². The van der Waals surface area contributed by atoms with Gasteiger partial charge in [-0.3, -0.25) is 9.36 Å². The third-order valence-electron chi connectivity index (χ3n) is 6.29.